The predicted octanol–water partition coefficient (Wildman–Crippen LogP) is 2.46. The van der Waals surface area contributed by atoms with Gasteiger partial charge in [-0.3, -0.25) is 9.88 Å². The van der Waals surface area contributed by atoms with E-state index in [1.165, 1.54) is 12.8 Å². The van der Waals surface area contributed by atoms with E-state index < -0.39 is 0 Å². The van der Waals surface area contributed by atoms with Gasteiger partial charge in [-0.2, -0.15) is 0 Å². The molecule has 0 aromatic carbocycles. The molecule has 1 fully saturated rings. The molecule has 0 aliphatic heterocycles. The molecule has 1 aromatic heterocycles. The molecule has 0 bridgehead atoms. The summed E-state index contributed by atoms with van der Waals surface area (Å²) in [5.74, 6) is 1.50. The lowest BCUT2D eigenvalue weighted by Crippen LogP contribution is -2.28. The van der Waals surface area contributed by atoms with Crippen LogP contribution in [-0.4, -0.2) is 42.0 Å². The summed E-state index contributed by atoms with van der Waals surface area (Å²) in [7, 11) is 3.31. The number of methoxy groups -OCH3 is 2. The summed E-state index contributed by atoms with van der Waals surface area (Å²) in [6.45, 7) is 1.85. The Labute approximate surface area is 116 Å². The summed E-state index contributed by atoms with van der Waals surface area (Å²) in [4.78, 5) is 6.87. The van der Waals surface area contributed by atoms with Crippen molar-refractivity contribution in [3.8, 4) is 11.5 Å². The SMILES string of the molecule is COc1ccnc(CN(CCBr)C2CC2)c1OC. The highest BCUT2D eigenvalue weighted by molar-refractivity contribution is 9.09. The topological polar surface area (TPSA) is 34.6 Å². The number of aromatic nitrogens is 1. The molecule has 0 N–H and O–H groups in total. The van der Waals surface area contributed by atoms with Gasteiger partial charge in [0.2, 0.25) is 0 Å². The standard InChI is InChI=1S/C13H19BrN2O2/c1-17-12-5-7-15-11(13(12)18-2)9-16(8-6-14)10-3-4-10/h5,7,10H,3-4,6,8-9H2,1-2H3. The van der Waals surface area contributed by atoms with Crippen LogP contribution in [-0.2, 0) is 6.54 Å². The first-order valence-corrected chi connectivity index (χ1v) is 7.28. The fourth-order valence-electron chi connectivity index (χ4n) is 2.09. The van der Waals surface area contributed by atoms with Gasteiger partial charge in [0.15, 0.2) is 11.5 Å². The maximum Gasteiger partial charge on any atom is 0.183 e. The van der Waals surface area contributed by atoms with Gasteiger partial charge in [0.1, 0.15) is 5.69 Å². The Morgan fingerprint density at radius 3 is 2.72 bits per heavy atom. The quantitative estimate of drug-likeness (QED) is 0.724. The Hall–Kier alpha value is -0.810. The van der Waals surface area contributed by atoms with Gasteiger partial charge in [-0.1, -0.05) is 15.9 Å². The Kier molecular flexibility index (Phi) is 4.83. The summed E-state index contributed by atoms with van der Waals surface area (Å²) in [6, 6.07) is 2.54. The van der Waals surface area contributed by atoms with Crippen LogP contribution in [0.2, 0.25) is 0 Å². The monoisotopic (exact) mass is 314 g/mol. The fourth-order valence-corrected chi connectivity index (χ4v) is 2.55. The van der Waals surface area contributed by atoms with Crippen molar-refractivity contribution in [3.63, 3.8) is 0 Å². The second-order valence-corrected chi connectivity index (χ2v) is 5.18. The fraction of sp³-hybridized carbons (Fsp3) is 0.615. The van der Waals surface area contributed by atoms with E-state index in [0.29, 0.717) is 6.04 Å². The van der Waals surface area contributed by atoms with Crippen LogP contribution >= 0.6 is 15.9 Å². The van der Waals surface area contributed by atoms with Crippen molar-refractivity contribution in [2.45, 2.75) is 25.4 Å². The van der Waals surface area contributed by atoms with Crippen molar-refractivity contribution >= 4 is 15.9 Å². The molecular weight excluding hydrogens is 296 g/mol. The van der Waals surface area contributed by atoms with Gasteiger partial charge in [-0.25, -0.2) is 0 Å². The Morgan fingerprint density at radius 2 is 2.17 bits per heavy atom. The highest BCUT2D eigenvalue weighted by atomic mass is 79.9. The average molecular weight is 315 g/mol. The van der Waals surface area contributed by atoms with Gasteiger partial charge < -0.3 is 9.47 Å². The largest absolute Gasteiger partial charge is 0.493 e. The second kappa shape index (κ2) is 6.38. The molecule has 100 valence electrons. The number of ether oxygens (including phenoxy) is 2. The van der Waals surface area contributed by atoms with Gasteiger partial charge in [0.25, 0.3) is 0 Å². The highest BCUT2D eigenvalue weighted by Crippen LogP contribution is 2.33. The minimum Gasteiger partial charge on any atom is -0.493 e. The van der Waals surface area contributed by atoms with Crippen molar-refractivity contribution in [2.75, 3.05) is 26.1 Å². The summed E-state index contributed by atoms with van der Waals surface area (Å²) in [6.07, 6.45) is 4.36. The van der Waals surface area contributed by atoms with Gasteiger partial charge in [-0.15, -0.1) is 0 Å². The van der Waals surface area contributed by atoms with Gasteiger partial charge >= 0.3 is 0 Å². The van der Waals surface area contributed by atoms with Crippen molar-refractivity contribution in [2.24, 2.45) is 0 Å². The zero-order valence-corrected chi connectivity index (χ0v) is 12.4. The number of hydrogen-bond donors (Lipinski definition) is 0. The van der Waals surface area contributed by atoms with E-state index in [1.807, 2.05) is 6.07 Å². The maximum atomic E-state index is 5.42. The van der Waals surface area contributed by atoms with Crippen LogP contribution in [0.1, 0.15) is 18.5 Å². The molecule has 1 heterocycles. The molecule has 0 amide bonds. The summed E-state index contributed by atoms with van der Waals surface area (Å²) < 4.78 is 10.7. The molecule has 4 nitrogen and oxygen atoms in total. The van der Waals surface area contributed by atoms with E-state index in [2.05, 4.69) is 25.8 Å². The molecule has 0 radical (unpaired) electrons. The molecule has 2 rings (SSSR count). The molecule has 18 heavy (non-hydrogen) atoms. The molecule has 1 aromatic rings. The first kappa shape index (κ1) is 13.6. The van der Waals surface area contributed by atoms with Crippen LogP contribution in [0, 0.1) is 0 Å². The predicted molar refractivity (Wildman–Crippen MR) is 74.6 cm³/mol. The molecule has 5 heteroatoms. The smallest absolute Gasteiger partial charge is 0.183 e. The molecule has 0 saturated heterocycles. The van der Waals surface area contributed by atoms with Crippen LogP contribution in [0.25, 0.3) is 0 Å². The number of halogens is 1. The van der Waals surface area contributed by atoms with Crippen molar-refractivity contribution in [3.05, 3.63) is 18.0 Å². The van der Waals surface area contributed by atoms with E-state index in [1.54, 1.807) is 20.4 Å². The normalized spacial score (nSPS) is 14.9. The zero-order chi connectivity index (χ0) is 13.0. The molecule has 1 saturated carbocycles. The lowest BCUT2D eigenvalue weighted by atomic mass is 10.2. The molecule has 0 spiro atoms. The zero-order valence-electron chi connectivity index (χ0n) is 10.9. The van der Waals surface area contributed by atoms with Crippen LogP contribution in [0.3, 0.4) is 0 Å². The van der Waals surface area contributed by atoms with Gasteiger partial charge in [-0.05, 0) is 12.8 Å². The Bertz CT molecular complexity index is 397. The molecule has 1 aliphatic rings. The minimum atomic E-state index is 0.709. The van der Waals surface area contributed by atoms with Gasteiger partial charge in [0, 0.05) is 36.7 Å². The summed E-state index contributed by atoms with van der Waals surface area (Å²) in [5, 5.41) is 0.982. The second-order valence-electron chi connectivity index (χ2n) is 4.38. The molecule has 0 atom stereocenters. The van der Waals surface area contributed by atoms with Crippen LogP contribution in [0.4, 0.5) is 0 Å². The number of alkyl halides is 1. The first-order chi connectivity index (χ1) is 8.80. The van der Waals surface area contributed by atoms with Crippen LogP contribution in [0.5, 0.6) is 11.5 Å². The first-order valence-electron chi connectivity index (χ1n) is 6.16. The van der Waals surface area contributed by atoms with E-state index in [-0.39, 0.29) is 0 Å². The van der Waals surface area contributed by atoms with Crippen LogP contribution in [0.15, 0.2) is 12.3 Å². The van der Waals surface area contributed by atoms with Gasteiger partial charge in [0.05, 0.1) is 14.2 Å². The molecular formula is C13H19BrN2O2. The number of hydrogen-bond acceptors (Lipinski definition) is 4. The summed E-state index contributed by atoms with van der Waals surface area (Å²) >= 11 is 3.51. The van der Waals surface area contributed by atoms with E-state index >= 15 is 0 Å². The minimum absolute atomic E-state index is 0.709. The van der Waals surface area contributed by atoms with Crippen molar-refractivity contribution < 1.29 is 9.47 Å². The third-order valence-corrected chi connectivity index (χ3v) is 3.51. The van der Waals surface area contributed by atoms with Crippen LogP contribution < -0.4 is 9.47 Å². The maximum absolute atomic E-state index is 5.42. The number of nitrogens with zero attached hydrogens (tertiary/aromatic N) is 2. The van der Waals surface area contributed by atoms with E-state index in [4.69, 9.17) is 9.47 Å². The third-order valence-electron chi connectivity index (χ3n) is 3.15. The van der Waals surface area contributed by atoms with E-state index in [0.717, 1.165) is 35.6 Å². The molecule has 1 aliphatic carbocycles. The summed E-state index contributed by atoms with van der Waals surface area (Å²) in [5.41, 5.74) is 0.949. The molecule has 0 unspecified atom stereocenters. The highest BCUT2D eigenvalue weighted by Gasteiger charge is 2.29. The van der Waals surface area contributed by atoms with Crippen molar-refractivity contribution in [1.82, 2.24) is 9.88 Å². The third kappa shape index (κ3) is 3.14. The number of rotatable bonds is 7. The lowest BCUT2D eigenvalue weighted by molar-refractivity contribution is 0.260. The lowest BCUT2D eigenvalue weighted by Gasteiger charge is -2.21. The Balaban J connectivity index is 2.16. The number of pyridine rings is 1. The average Bonchev–Trinajstić information content (AvgIpc) is 3.22. The van der Waals surface area contributed by atoms with E-state index in [9.17, 15) is 0 Å². The van der Waals surface area contributed by atoms with Crippen molar-refractivity contribution in [1.29, 1.82) is 0 Å². The Morgan fingerprint density at radius 1 is 1.39 bits per heavy atom.